The molecule has 39 heavy (non-hydrogen) atoms. The Labute approximate surface area is 224 Å². The number of rotatable bonds is 6. The van der Waals surface area contributed by atoms with Crippen molar-refractivity contribution in [3.8, 4) is 0 Å². The van der Waals surface area contributed by atoms with Gasteiger partial charge < -0.3 is 10.4 Å². The second-order valence-electron chi connectivity index (χ2n) is 11.4. The second-order valence-corrected chi connectivity index (χ2v) is 13.6. The molecule has 214 valence electrons. The minimum absolute atomic E-state index is 0.100. The molecule has 2 unspecified atom stereocenters. The van der Waals surface area contributed by atoms with Crippen LogP contribution in [0.3, 0.4) is 0 Å². The third-order valence-corrected chi connectivity index (χ3v) is 11.1. The van der Waals surface area contributed by atoms with Crippen LogP contribution >= 0.6 is 0 Å². The molecule has 0 aliphatic heterocycles. The highest BCUT2D eigenvalue weighted by molar-refractivity contribution is 7.92. The lowest BCUT2D eigenvalue weighted by molar-refractivity contribution is -0.228. The van der Waals surface area contributed by atoms with E-state index in [1.54, 1.807) is 6.92 Å². The van der Waals surface area contributed by atoms with Gasteiger partial charge in [0.25, 0.3) is 5.91 Å². The predicted molar refractivity (Wildman–Crippen MR) is 135 cm³/mol. The van der Waals surface area contributed by atoms with Crippen LogP contribution in [0.5, 0.6) is 0 Å². The fourth-order valence-corrected chi connectivity index (χ4v) is 8.75. The zero-order chi connectivity index (χ0) is 29.2. The normalized spacial score (nSPS) is 25.8. The summed E-state index contributed by atoms with van der Waals surface area (Å²) >= 11 is 0. The molecule has 5 atom stereocenters. The fraction of sp³-hybridized carbons (Fsp3) is 0.536. The molecule has 0 heterocycles. The van der Waals surface area contributed by atoms with Gasteiger partial charge in [-0.3, -0.25) is 4.79 Å². The van der Waals surface area contributed by atoms with E-state index in [0.717, 1.165) is 36.4 Å². The molecule has 0 spiro atoms. The molecule has 0 radical (unpaired) electrons. The Morgan fingerprint density at radius 3 is 2.23 bits per heavy atom. The summed E-state index contributed by atoms with van der Waals surface area (Å²) < 4.78 is 96.0. The van der Waals surface area contributed by atoms with E-state index in [-0.39, 0.29) is 30.1 Å². The van der Waals surface area contributed by atoms with Crippen molar-refractivity contribution in [1.29, 1.82) is 0 Å². The minimum Gasteiger partial charge on any atom is -0.381 e. The van der Waals surface area contributed by atoms with Crippen LogP contribution in [0.25, 0.3) is 0 Å². The molecule has 2 aliphatic rings. The standard InChI is InChI=1S/C28H32F5NO4S/c1-16(34-24(35)25(2,3)36)21-13-14-27(39(37,38)20-9-7-19(29)8-10-20)22-12-6-18(26(4,30)28(31,32)33)15-17(22)5-11-23(21)27/h6-10,12,15-16,21,23,36H,5,11,13-14H2,1-4H3,(H,34,35)/t16?,21-,23-,26?,27+/m0/s1. The highest BCUT2D eigenvalue weighted by Crippen LogP contribution is 2.60. The maximum Gasteiger partial charge on any atom is 0.426 e. The van der Waals surface area contributed by atoms with Crippen LogP contribution < -0.4 is 5.32 Å². The summed E-state index contributed by atoms with van der Waals surface area (Å²) in [4.78, 5) is 12.4. The number of aliphatic hydroxyl groups is 1. The molecule has 2 aliphatic carbocycles. The first-order valence-electron chi connectivity index (χ1n) is 12.8. The summed E-state index contributed by atoms with van der Waals surface area (Å²) in [6.45, 7) is 4.83. The van der Waals surface area contributed by atoms with Crippen molar-refractivity contribution in [1.82, 2.24) is 5.32 Å². The average molecular weight is 574 g/mol. The zero-order valence-electron chi connectivity index (χ0n) is 22.1. The van der Waals surface area contributed by atoms with Crippen molar-refractivity contribution >= 4 is 15.7 Å². The van der Waals surface area contributed by atoms with Gasteiger partial charge in [-0.1, -0.05) is 18.2 Å². The molecule has 2 aromatic rings. The Bertz CT molecular complexity index is 1370. The number of amides is 1. The lowest BCUT2D eigenvalue weighted by Crippen LogP contribution is -2.51. The van der Waals surface area contributed by atoms with E-state index < -0.39 is 61.3 Å². The first-order chi connectivity index (χ1) is 17.8. The van der Waals surface area contributed by atoms with Gasteiger partial charge in [0.05, 0.1) is 4.90 Å². The van der Waals surface area contributed by atoms with Crippen molar-refractivity contribution in [2.75, 3.05) is 0 Å². The van der Waals surface area contributed by atoms with Gasteiger partial charge in [-0.15, -0.1) is 0 Å². The lowest BCUT2D eigenvalue weighted by Gasteiger charge is -2.44. The van der Waals surface area contributed by atoms with Crippen LogP contribution in [0, 0.1) is 17.7 Å². The molecule has 5 nitrogen and oxygen atoms in total. The van der Waals surface area contributed by atoms with Gasteiger partial charge in [0.2, 0.25) is 5.67 Å². The molecular formula is C28H32F5NO4S. The Morgan fingerprint density at radius 2 is 1.67 bits per heavy atom. The summed E-state index contributed by atoms with van der Waals surface area (Å²) in [6, 6.07) is 7.23. The molecule has 0 bridgehead atoms. The summed E-state index contributed by atoms with van der Waals surface area (Å²) in [5, 5.41) is 12.9. The monoisotopic (exact) mass is 573 g/mol. The molecule has 11 heteroatoms. The van der Waals surface area contributed by atoms with E-state index in [0.29, 0.717) is 24.5 Å². The quantitative estimate of drug-likeness (QED) is 0.354. The summed E-state index contributed by atoms with van der Waals surface area (Å²) in [5.41, 5.74) is -5.28. The van der Waals surface area contributed by atoms with Crippen LogP contribution in [0.4, 0.5) is 22.0 Å². The van der Waals surface area contributed by atoms with Crippen molar-refractivity contribution in [2.24, 2.45) is 11.8 Å². The maximum absolute atomic E-state index is 14.8. The Hall–Kier alpha value is -2.53. The summed E-state index contributed by atoms with van der Waals surface area (Å²) in [7, 11) is -4.24. The minimum atomic E-state index is -5.16. The lowest BCUT2D eigenvalue weighted by atomic mass is 9.71. The van der Waals surface area contributed by atoms with Crippen molar-refractivity contribution in [2.45, 2.75) is 86.5 Å². The Morgan fingerprint density at radius 1 is 1.05 bits per heavy atom. The van der Waals surface area contributed by atoms with Crippen LogP contribution in [-0.2, 0) is 31.5 Å². The van der Waals surface area contributed by atoms with E-state index in [2.05, 4.69) is 5.32 Å². The number of carbonyl (C=O) groups is 1. The van der Waals surface area contributed by atoms with Gasteiger partial charge in [0.15, 0.2) is 9.84 Å². The molecule has 1 saturated carbocycles. The maximum atomic E-state index is 14.8. The van der Waals surface area contributed by atoms with E-state index in [1.807, 2.05) is 0 Å². The Balaban J connectivity index is 1.86. The number of alkyl halides is 4. The van der Waals surface area contributed by atoms with Gasteiger partial charge >= 0.3 is 6.18 Å². The summed E-state index contributed by atoms with van der Waals surface area (Å²) in [6.07, 6.45) is -4.22. The van der Waals surface area contributed by atoms with E-state index in [1.165, 1.54) is 19.9 Å². The largest absolute Gasteiger partial charge is 0.426 e. The van der Waals surface area contributed by atoms with Crippen LogP contribution in [0.1, 0.15) is 63.6 Å². The molecule has 1 amide bonds. The van der Waals surface area contributed by atoms with E-state index in [4.69, 9.17) is 0 Å². The molecule has 2 N–H and O–H groups in total. The van der Waals surface area contributed by atoms with Crippen LogP contribution in [0.2, 0.25) is 0 Å². The van der Waals surface area contributed by atoms with Gasteiger partial charge in [-0.2, -0.15) is 13.2 Å². The smallest absolute Gasteiger partial charge is 0.381 e. The number of halogens is 5. The number of sulfone groups is 1. The van der Waals surface area contributed by atoms with Crippen molar-refractivity contribution < 1.29 is 40.3 Å². The summed E-state index contributed by atoms with van der Waals surface area (Å²) in [5.74, 6) is -2.15. The molecule has 4 rings (SSSR count). The molecule has 0 aromatic heterocycles. The molecule has 2 aromatic carbocycles. The number of benzene rings is 2. The highest BCUT2D eigenvalue weighted by atomic mass is 32.2. The third-order valence-electron chi connectivity index (χ3n) is 8.49. The number of carbonyl (C=O) groups excluding carboxylic acids is 1. The molecular weight excluding hydrogens is 541 g/mol. The van der Waals surface area contributed by atoms with Crippen LogP contribution in [-0.4, -0.2) is 37.3 Å². The van der Waals surface area contributed by atoms with Gasteiger partial charge in [0, 0.05) is 6.04 Å². The van der Waals surface area contributed by atoms with Crippen molar-refractivity contribution in [3.05, 3.63) is 65.0 Å². The van der Waals surface area contributed by atoms with Gasteiger partial charge in [0.1, 0.15) is 16.2 Å². The van der Waals surface area contributed by atoms with Crippen LogP contribution in [0.15, 0.2) is 47.4 Å². The highest BCUT2D eigenvalue weighted by Gasteiger charge is 2.61. The molecule has 1 fully saturated rings. The van der Waals surface area contributed by atoms with Gasteiger partial charge in [-0.05, 0) is 106 Å². The number of nitrogens with one attached hydrogen (secondary N) is 1. The number of aryl methyl sites for hydroxylation is 1. The number of fused-ring (bicyclic) bond motifs is 3. The SMILES string of the molecule is CC(NC(=O)C(C)(C)O)[C@@H]1CC[C@@]2(S(=O)(=O)c3ccc(F)cc3)c3ccc(C(C)(F)C(F)(F)F)cc3CC[C@@H]12. The third kappa shape index (κ3) is 4.75. The first-order valence-corrected chi connectivity index (χ1v) is 14.3. The van der Waals surface area contributed by atoms with Crippen molar-refractivity contribution in [3.63, 3.8) is 0 Å². The molecule has 0 saturated heterocycles. The Kier molecular flexibility index (Phi) is 7.20. The van der Waals surface area contributed by atoms with E-state index in [9.17, 15) is 40.3 Å². The number of hydrogen-bond donors (Lipinski definition) is 2. The predicted octanol–water partition coefficient (Wildman–Crippen LogP) is 5.49. The van der Waals surface area contributed by atoms with Gasteiger partial charge in [-0.25, -0.2) is 17.2 Å². The second kappa shape index (κ2) is 9.54. The number of hydrogen-bond acceptors (Lipinski definition) is 4. The topological polar surface area (TPSA) is 83.5 Å². The fourth-order valence-electron chi connectivity index (χ4n) is 6.27. The zero-order valence-corrected chi connectivity index (χ0v) is 22.9. The van der Waals surface area contributed by atoms with E-state index >= 15 is 0 Å². The average Bonchev–Trinajstić information content (AvgIpc) is 3.24. The first kappa shape index (κ1) is 29.5.